The van der Waals surface area contributed by atoms with Crippen LogP contribution in [-0.4, -0.2) is 10.9 Å². The Balaban J connectivity index is 2.27. The van der Waals surface area contributed by atoms with Gasteiger partial charge in [0.05, 0.1) is 11.2 Å². The molecule has 0 aliphatic rings. The van der Waals surface area contributed by atoms with E-state index >= 15 is 0 Å². The van der Waals surface area contributed by atoms with Crippen molar-refractivity contribution in [2.45, 2.75) is 12.8 Å². The van der Waals surface area contributed by atoms with Gasteiger partial charge in [0.15, 0.2) is 11.7 Å². The number of hydrogen-bond donors (Lipinski definition) is 0. The monoisotopic (exact) mass is 273 g/mol. The molecule has 0 aliphatic carbocycles. The number of benzene rings is 1. The fraction of sp³-hybridized carbons (Fsp3) is 0.250. The highest BCUT2D eigenvalue weighted by Crippen LogP contribution is 2.30. The van der Waals surface area contributed by atoms with Crippen LogP contribution in [0.2, 0.25) is 5.02 Å². The zero-order valence-corrected chi connectivity index (χ0v) is 10.4. The zero-order chi connectivity index (χ0) is 12.3. The van der Waals surface area contributed by atoms with E-state index in [2.05, 4.69) is 4.98 Å². The maximum atomic E-state index is 13.3. The Bertz CT molecular complexity index is 513. The average Bonchev–Trinajstić information content (AvgIpc) is 2.78. The van der Waals surface area contributed by atoms with Crippen LogP contribution >= 0.6 is 23.2 Å². The molecule has 0 fully saturated rings. The van der Waals surface area contributed by atoms with Crippen molar-refractivity contribution in [2.75, 3.05) is 5.88 Å². The van der Waals surface area contributed by atoms with Crippen LogP contribution in [0.1, 0.15) is 12.3 Å². The minimum absolute atomic E-state index is 0.0487. The van der Waals surface area contributed by atoms with Crippen LogP contribution in [0.25, 0.3) is 11.3 Å². The molecule has 90 valence electrons. The fourth-order valence-electron chi connectivity index (χ4n) is 1.46. The molecule has 0 radical (unpaired) electrons. The topological polar surface area (TPSA) is 26.0 Å². The quantitative estimate of drug-likeness (QED) is 0.776. The van der Waals surface area contributed by atoms with Gasteiger partial charge in [0.1, 0.15) is 5.82 Å². The molecule has 2 aromatic rings. The minimum atomic E-state index is -0.470. The molecule has 17 heavy (non-hydrogen) atoms. The summed E-state index contributed by atoms with van der Waals surface area (Å²) < 4.78 is 18.7. The van der Waals surface area contributed by atoms with Crippen molar-refractivity contribution in [2.24, 2.45) is 0 Å². The summed E-state index contributed by atoms with van der Waals surface area (Å²) in [6.07, 6.45) is 3.00. The van der Waals surface area contributed by atoms with Crippen molar-refractivity contribution in [3.05, 3.63) is 41.1 Å². The summed E-state index contributed by atoms with van der Waals surface area (Å²) in [6, 6.07) is 4.57. The molecule has 0 amide bonds. The van der Waals surface area contributed by atoms with Gasteiger partial charge in [0, 0.05) is 17.9 Å². The minimum Gasteiger partial charge on any atom is -0.441 e. The largest absolute Gasteiger partial charge is 0.441 e. The van der Waals surface area contributed by atoms with Crippen molar-refractivity contribution in [1.82, 2.24) is 4.98 Å². The Morgan fingerprint density at radius 1 is 1.35 bits per heavy atom. The zero-order valence-electron chi connectivity index (χ0n) is 8.92. The third-order valence-corrected chi connectivity index (χ3v) is 2.95. The van der Waals surface area contributed by atoms with Crippen LogP contribution in [-0.2, 0) is 6.42 Å². The summed E-state index contributed by atoms with van der Waals surface area (Å²) in [5.74, 6) is 1.14. The van der Waals surface area contributed by atoms with Crippen LogP contribution < -0.4 is 0 Å². The van der Waals surface area contributed by atoms with Crippen LogP contribution in [0.5, 0.6) is 0 Å². The summed E-state index contributed by atoms with van der Waals surface area (Å²) in [5.41, 5.74) is 0.510. The first-order valence-electron chi connectivity index (χ1n) is 5.17. The summed E-state index contributed by atoms with van der Waals surface area (Å²) in [5, 5.41) is 0.0487. The van der Waals surface area contributed by atoms with Gasteiger partial charge in [0.2, 0.25) is 0 Å². The lowest BCUT2D eigenvalue weighted by atomic mass is 10.2. The molecule has 1 heterocycles. The van der Waals surface area contributed by atoms with Crippen LogP contribution in [0.4, 0.5) is 4.39 Å². The molecule has 0 saturated carbocycles. The predicted molar refractivity (Wildman–Crippen MR) is 65.9 cm³/mol. The smallest absolute Gasteiger partial charge is 0.194 e. The number of halogens is 3. The Hall–Kier alpha value is -1.06. The summed E-state index contributed by atoms with van der Waals surface area (Å²) >= 11 is 11.4. The van der Waals surface area contributed by atoms with Gasteiger partial charge in [-0.2, -0.15) is 0 Å². The fourth-order valence-corrected chi connectivity index (χ4v) is 1.82. The molecule has 0 atom stereocenters. The van der Waals surface area contributed by atoms with Gasteiger partial charge in [-0.3, -0.25) is 0 Å². The molecular weight excluding hydrogens is 264 g/mol. The van der Waals surface area contributed by atoms with Gasteiger partial charge in [-0.15, -0.1) is 11.6 Å². The second kappa shape index (κ2) is 5.52. The molecule has 2 nitrogen and oxygen atoms in total. The van der Waals surface area contributed by atoms with Gasteiger partial charge < -0.3 is 4.42 Å². The van der Waals surface area contributed by atoms with E-state index in [-0.39, 0.29) is 5.02 Å². The highest BCUT2D eigenvalue weighted by Gasteiger charge is 2.12. The van der Waals surface area contributed by atoms with Crippen molar-refractivity contribution < 1.29 is 8.81 Å². The van der Waals surface area contributed by atoms with Gasteiger partial charge in [-0.25, -0.2) is 9.37 Å². The van der Waals surface area contributed by atoms with Crippen LogP contribution in [0.15, 0.2) is 28.8 Å². The molecule has 1 aromatic heterocycles. The normalized spacial score (nSPS) is 10.8. The summed E-state index contributed by atoms with van der Waals surface area (Å²) in [7, 11) is 0. The van der Waals surface area contributed by atoms with Gasteiger partial charge in [-0.05, 0) is 18.6 Å². The maximum absolute atomic E-state index is 13.3. The van der Waals surface area contributed by atoms with Crippen LogP contribution in [0, 0.1) is 5.82 Å². The Kier molecular flexibility index (Phi) is 4.02. The number of nitrogens with zero attached hydrogens (tertiary/aromatic N) is 1. The third-order valence-electron chi connectivity index (χ3n) is 2.29. The number of alkyl halides is 1. The number of hydrogen-bond acceptors (Lipinski definition) is 2. The van der Waals surface area contributed by atoms with E-state index in [4.69, 9.17) is 27.6 Å². The second-order valence-corrected chi connectivity index (χ2v) is 4.27. The lowest BCUT2D eigenvalue weighted by molar-refractivity contribution is 0.503. The standard InChI is InChI=1S/C12H10Cl2FNO/c13-6-2-5-11-16-7-10(17-11)8-3-1-4-9(15)12(8)14/h1,3-4,7H,2,5-6H2. The van der Waals surface area contributed by atoms with Crippen molar-refractivity contribution in [1.29, 1.82) is 0 Å². The van der Waals surface area contributed by atoms with Gasteiger partial charge in [0.25, 0.3) is 0 Å². The molecule has 0 bridgehead atoms. The molecular formula is C12H10Cl2FNO. The highest BCUT2D eigenvalue weighted by atomic mass is 35.5. The molecule has 2 rings (SSSR count). The van der Waals surface area contributed by atoms with E-state index in [9.17, 15) is 4.39 Å². The van der Waals surface area contributed by atoms with E-state index < -0.39 is 5.82 Å². The molecule has 0 saturated heterocycles. The first-order valence-corrected chi connectivity index (χ1v) is 6.08. The molecule has 0 unspecified atom stereocenters. The predicted octanol–water partition coefficient (Wildman–Crippen LogP) is 4.31. The average molecular weight is 274 g/mol. The lowest BCUT2D eigenvalue weighted by Crippen LogP contribution is -1.84. The molecule has 0 aliphatic heterocycles. The Morgan fingerprint density at radius 3 is 2.94 bits per heavy atom. The van der Waals surface area contributed by atoms with Gasteiger partial charge in [-0.1, -0.05) is 17.7 Å². The highest BCUT2D eigenvalue weighted by molar-refractivity contribution is 6.33. The summed E-state index contributed by atoms with van der Waals surface area (Å²) in [6.45, 7) is 0. The summed E-state index contributed by atoms with van der Waals surface area (Å²) in [4.78, 5) is 4.09. The van der Waals surface area contributed by atoms with E-state index in [0.717, 1.165) is 6.42 Å². The molecule has 5 heteroatoms. The van der Waals surface area contributed by atoms with E-state index in [0.29, 0.717) is 29.5 Å². The number of aryl methyl sites for hydroxylation is 1. The maximum Gasteiger partial charge on any atom is 0.194 e. The van der Waals surface area contributed by atoms with Crippen molar-refractivity contribution in [3.63, 3.8) is 0 Å². The number of oxazole rings is 1. The van der Waals surface area contributed by atoms with E-state index in [1.165, 1.54) is 6.07 Å². The number of aromatic nitrogens is 1. The van der Waals surface area contributed by atoms with Crippen molar-refractivity contribution >= 4 is 23.2 Å². The molecule has 1 aromatic carbocycles. The second-order valence-electron chi connectivity index (χ2n) is 3.51. The lowest BCUT2D eigenvalue weighted by Gasteiger charge is -2.00. The van der Waals surface area contributed by atoms with E-state index in [1.807, 2.05) is 0 Å². The Morgan fingerprint density at radius 2 is 2.18 bits per heavy atom. The Labute approximate surface area is 108 Å². The first-order chi connectivity index (χ1) is 8.22. The van der Waals surface area contributed by atoms with Gasteiger partial charge >= 0.3 is 0 Å². The van der Waals surface area contributed by atoms with E-state index in [1.54, 1.807) is 18.3 Å². The SMILES string of the molecule is Fc1cccc(-c2cnc(CCCCl)o2)c1Cl. The third kappa shape index (κ3) is 2.79. The number of rotatable bonds is 4. The molecule has 0 N–H and O–H groups in total. The van der Waals surface area contributed by atoms with Crippen LogP contribution in [0.3, 0.4) is 0 Å². The first kappa shape index (κ1) is 12.4. The molecule has 0 spiro atoms. The van der Waals surface area contributed by atoms with Crippen molar-refractivity contribution in [3.8, 4) is 11.3 Å².